The third-order valence-electron chi connectivity index (χ3n) is 3.32. The highest BCUT2D eigenvalue weighted by atomic mass is 32.1. The van der Waals surface area contributed by atoms with Crippen molar-refractivity contribution in [2.75, 3.05) is 11.9 Å². The number of anilines is 1. The standard InChI is InChI=1S/C14H16F3N5O3S/c1-4-25-12(24)11-19-20-13(26-11)18-10(23)5-9-7(2)21-22(8(9)3)6-14(15,16)17/h4-6H2,1-3H3,(H,18,20,23). The first kappa shape index (κ1) is 19.8. The summed E-state index contributed by atoms with van der Waals surface area (Å²) >= 11 is 0.843. The van der Waals surface area contributed by atoms with Gasteiger partial charge in [-0.15, -0.1) is 10.2 Å². The van der Waals surface area contributed by atoms with Gasteiger partial charge in [0.15, 0.2) is 0 Å². The molecule has 0 saturated heterocycles. The fourth-order valence-corrected chi connectivity index (χ4v) is 2.84. The van der Waals surface area contributed by atoms with Crippen molar-refractivity contribution in [3.05, 3.63) is 22.0 Å². The van der Waals surface area contributed by atoms with Crippen molar-refractivity contribution in [2.45, 2.75) is 39.9 Å². The first-order valence-electron chi connectivity index (χ1n) is 7.50. The van der Waals surface area contributed by atoms with Gasteiger partial charge in [0.25, 0.3) is 0 Å². The van der Waals surface area contributed by atoms with E-state index in [1.807, 2.05) is 0 Å². The second-order valence-electron chi connectivity index (χ2n) is 5.28. The van der Waals surface area contributed by atoms with Gasteiger partial charge < -0.3 is 10.1 Å². The summed E-state index contributed by atoms with van der Waals surface area (Å²) in [6.07, 6.45) is -4.58. The van der Waals surface area contributed by atoms with E-state index in [2.05, 4.69) is 20.6 Å². The third-order valence-corrected chi connectivity index (χ3v) is 4.14. The molecule has 2 aromatic rings. The summed E-state index contributed by atoms with van der Waals surface area (Å²) < 4.78 is 43.2. The average Bonchev–Trinajstić information content (AvgIpc) is 3.07. The molecule has 1 amide bonds. The van der Waals surface area contributed by atoms with Gasteiger partial charge in [0.2, 0.25) is 16.0 Å². The molecule has 0 aliphatic heterocycles. The maximum atomic E-state index is 12.5. The fraction of sp³-hybridized carbons (Fsp3) is 0.500. The van der Waals surface area contributed by atoms with Crippen LogP contribution in [0, 0.1) is 13.8 Å². The molecule has 2 heterocycles. The number of halogens is 3. The van der Waals surface area contributed by atoms with Crippen molar-refractivity contribution in [3.8, 4) is 0 Å². The van der Waals surface area contributed by atoms with Gasteiger partial charge in [0, 0.05) is 11.3 Å². The normalized spacial score (nSPS) is 11.5. The van der Waals surface area contributed by atoms with Crippen molar-refractivity contribution in [1.29, 1.82) is 0 Å². The minimum atomic E-state index is -4.40. The molecule has 0 aliphatic carbocycles. The van der Waals surface area contributed by atoms with Crippen LogP contribution in [-0.2, 0) is 22.5 Å². The quantitative estimate of drug-likeness (QED) is 0.759. The molecule has 2 rings (SSSR count). The monoisotopic (exact) mass is 391 g/mol. The number of alkyl halides is 3. The largest absolute Gasteiger partial charge is 0.461 e. The molecule has 0 saturated carbocycles. The highest BCUT2D eigenvalue weighted by Gasteiger charge is 2.30. The molecule has 0 unspecified atom stereocenters. The molecular formula is C14H16F3N5O3S. The number of hydrogen-bond donors (Lipinski definition) is 1. The number of carbonyl (C=O) groups is 2. The van der Waals surface area contributed by atoms with Crippen molar-refractivity contribution in [1.82, 2.24) is 20.0 Å². The number of aromatic nitrogens is 4. The van der Waals surface area contributed by atoms with Crippen LogP contribution in [0.3, 0.4) is 0 Å². The van der Waals surface area contributed by atoms with Crippen molar-refractivity contribution >= 4 is 28.3 Å². The van der Waals surface area contributed by atoms with Crippen molar-refractivity contribution in [2.24, 2.45) is 0 Å². The molecule has 1 N–H and O–H groups in total. The van der Waals surface area contributed by atoms with Crippen LogP contribution < -0.4 is 5.32 Å². The number of nitrogens with one attached hydrogen (secondary N) is 1. The van der Waals surface area contributed by atoms with Crippen molar-refractivity contribution < 1.29 is 27.5 Å². The molecule has 0 fully saturated rings. The van der Waals surface area contributed by atoms with E-state index in [0.717, 1.165) is 16.0 Å². The smallest absolute Gasteiger partial charge is 0.408 e. The molecule has 26 heavy (non-hydrogen) atoms. The summed E-state index contributed by atoms with van der Waals surface area (Å²) in [5.74, 6) is -1.15. The van der Waals surface area contributed by atoms with E-state index in [1.165, 1.54) is 13.8 Å². The third kappa shape index (κ3) is 5.00. The first-order valence-corrected chi connectivity index (χ1v) is 8.32. The van der Waals surface area contributed by atoms with E-state index in [0.29, 0.717) is 11.3 Å². The molecule has 0 aromatic carbocycles. The maximum absolute atomic E-state index is 12.5. The Morgan fingerprint density at radius 1 is 1.27 bits per heavy atom. The van der Waals surface area contributed by atoms with E-state index in [-0.39, 0.29) is 28.9 Å². The Morgan fingerprint density at radius 3 is 2.58 bits per heavy atom. The van der Waals surface area contributed by atoms with Crippen LogP contribution in [0.5, 0.6) is 0 Å². The molecule has 0 aliphatic rings. The van der Waals surface area contributed by atoms with Crippen LogP contribution in [0.15, 0.2) is 0 Å². The van der Waals surface area contributed by atoms with Gasteiger partial charge in [-0.05, 0) is 20.8 Å². The van der Waals surface area contributed by atoms with Gasteiger partial charge in [-0.2, -0.15) is 18.3 Å². The summed E-state index contributed by atoms with van der Waals surface area (Å²) in [6, 6.07) is 0. The number of aryl methyl sites for hydroxylation is 1. The number of rotatable bonds is 6. The summed E-state index contributed by atoms with van der Waals surface area (Å²) in [6.45, 7) is 3.61. The molecule has 142 valence electrons. The van der Waals surface area contributed by atoms with Gasteiger partial charge >= 0.3 is 12.1 Å². The Hall–Kier alpha value is -2.50. The molecule has 0 radical (unpaired) electrons. The van der Waals surface area contributed by atoms with Crippen LogP contribution in [-0.4, -0.2) is 44.6 Å². The molecule has 2 aromatic heterocycles. The topological polar surface area (TPSA) is 99.0 Å². The molecule has 0 atom stereocenters. The Bertz CT molecular complexity index is 815. The van der Waals surface area contributed by atoms with E-state index in [4.69, 9.17) is 4.74 Å². The van der Waals surface area contributed by atoms with Gasteiger partial charge in [-0.3, -0.25) is 9.48 Å². The zero-order chi connectivity index (χ0) is 19.5. The number of ether oxygens (including phenoxy) is 1. The highest BCUT2D eigenvalue weighted by molar-refractivity contribution is 7.17. The SMILES string of the molecule is CCOC(=O)c1nnc(NC(=O)Cc2c(C)nn(CC(F)(F)F)c2C)s1. The van der Waals surface area contributed by atoms with Crippen molar-refractivity contribution in [3.63, 3.8) is 0 Å². The minimum absolute atomic E-state index is 0.00694. The Balaban J connectivity index is 2.05. The zero-order valence-electron chi connectivity index (χ0n) is 14.2. The minimum Gasteiger partial charge on any atom is -0.461 e. The lowest BCUT2D eigenvalue weighted by Gasteiger charge is -2.08. The predicted molar refractivity (Wildman–Crippen MR) is 86.0 cm³/mol. The van der Waals surface area contributed by atoms with E-state index in [1.54, 1.807) is 6.92 Å². The first-order chi connectivity index (χ1) is 12.1. The molecule has 0 spiro atoms. The van der Waals surface area contributed by atoms with E-state index in [9.17, 15) is 22.8 Å². The number of amides is 1. The summed E-state index contributed by atoms with van der Waals surface area (Å²) in [5.41, 5.74) is 1.01. The van der Waals surface area contributed by atoms with Gasteiger partial charge in [-0.25, -0.2) is 4.79 Å². The molecular weight excluding hydrogens is 375 g/mol. The summed E-state index contributed by atoms with van der Waals surface area (Å²) in [4.78, 5) is 23.6. The van der Waals surface area contributed by atoms with Crippen LogP contribution >= 0.6 is 11.3 Å². The van der Waals surface area contributed by atoms with Crippen LogP contribution in [0.1, 0.15) is 33.7 Å². The molecule has 12 heteroatoms. The number of hydrogen-bond acceptors (Lipinski definition) is 7. The van der Waals surface area contributed by atoms with E-state index >= 15 is 0 Å². The lowest BCUT2D eigenvalue weighted by atomic mass is 10.1. The van der Waals surface area contributed by atoms with Gasteiger partial charge in [0.1, 0.15) is 6.54 Å². The second-order valence-corrected chi connectivity index (χ2v) is 6.26. The number of carbonyl (C=O) groups excluding carboxylic acids is 2. The van der Waals surface area contributed by atoms with Crippen LogP contribution in [0.4, 0.5) is 18.3 Å². The van der Waals surface area contributed by atoms with Crippen LogP contribution in [0.2, 0.25) is 0 Å². The lowest BCUT2D eigenvalue weighted by Crippen LogP contribution is -2.20. The lowest BCUT2D eigenvalue weighted by molar-refractivity contribution is -0.143. The van der Waals surface area contributed by atoms with E-state index < -0.39 is 24.6 Å². The zero-order valence-corrected chi connectivity index (χ0v) is 15.0. The second kappa shape index (κ2) is 7.81. The van der Waals surface area contributed by atoms with Crippen LogP contribution in [0.25, 0.3) is 0 Å². The Labute approximate surface area is 150 Å². The predicted octanol–water partition coefficient (Wildman–Crippen LogP) is 2.27. The maximum Gasteiger partial charge on any atom is 0.408 e. The molecule has 8 nitrogen and oxygen atoms in total. The summed E-state index contributed by atoms with van der Waals surface area (Å²) in [7, 11) is 0. The van der Waals surface area contributed by atoms with Gasteiger partial charge in [-0.1, -0.05) is 11.3 Å². The highest BCUT2D eigenvalue weighted by Crippen LogP contribution is 2.22. The molecule has 0 bridgehead atoms. The number of esters is 1. The fourth-order valence-electron chi connectivity index (χ4n) is 2.19. The Morgan fingerprint density at radius 2 is 1.96 bits per heavy atom. The van der Waals surface area contributed by atoms with Gasteiger partial charge in [0.05, 0.1) is 18.7 Å². The Kier molecular flexibility index (Phi) is 5.95. The number of nitrogens with zero attached hydrogens (tertiary/aromatic N) is 4. The average molecular weight is 391 g/mol. The summed E-state index contributed by atoms with van der Waals surface area (Å²) in [5, 5.41) is 13.7.